The summed E-state index contributed by atoms with van der Waals surface area (Å²) in [6.07, 6.45) is 2.09. The van der Waals surface area contributed by atoms with Crippen LogP contribution >= 0.6 is 0 Å². The van der Waals surface area contributed by atoms with Crippen molar-refractivity contribution in [2.75, 3.05) is 0 Å². The minimum absolute atomic E-state index is 0.249. The van der Waals surface area contributed by atoms with Crippen LogP contribution in [-0.4, -0.2) is 33.0 Å². The van der Waals surface area contributed by atoms with Gasteiger partial charge in [-0.05, 0) is 23.3 Å². The van der Waals surface area contributed by atoms with E-state index in [1.54, 1.807) is 0 Å². The number of H-pyrrole nitrogens is 2. The Kier molecular flexibility index (Phi) is 3.33. The van der Waals surface area contributed by atoms with Crippen molar-refractivity contribution in [2.24, 2.45) is 0 Å². The molecule has 0 unspecified atom stereocenters. The first-order chi connectivity index (χ1) is 13.1. The number of aromatic amines is 2. The topological polar surface area (TPSA) is 98.0 Å². The number of carboxylic acids is 1. The van der Waals surface area contributed by atoms with Crippen LogP contribution in [0, 0.1) is 0 Å². The largest absolute Gasteiger partial charge is 0.480 e. The van der Waals surface area contributed by atoms with Crippen LogP contribution in [0.3, 0.4) is 0 Å². The van der Waals surface area contributed by atoms with Gasteiger partial charge in [-0.1, -0.05) is 36.4 Å². The second kappa shape index (κ2) is 5.74. The zero-order chi connectivity index (χ0) is 18.5. The van der Waals surface area contributed by atoms with E-state index in [0.717, 1.165) is 38.6 Å². The van der Waals surface area contributed by atoms with Crippen molar-refractivity contribution >= 4 is 33.7 Å². The highest BCUT2D eigenvalue weighted by atomic mass is 16.4. The maximum absolute atomic E-state index is 13.1. The Balaban J connectivity index is 1.78. The van der Waals surface area contributed by atoms with Crippen molar-refractivity contribution < 1.29 is 14.7 Å². The van der Waals surface area contributed by atoms with Gasteiger partial charge in [-0.25, -0.2) is 4.79 Å². The molecule has 0 radical (unpaired) electrons. The van der Waals surface area contributed by atoms with Crippen molar-refractivity contribution in [3.8, 4) is 0 Å². The number of nitrogens with one attached hydrogen (secondary N) is 3. The van der Waals surface area contributed by atoms with Gasteiger partial charge in [0.05, 0.1) is 0 Å². The van der Waals surface area contributed by atoms with Crippen LogP contribution in [0.2, 0.25) is 0 Å². The molecule has 1 amide bonds. The van der Waals surface area contributed by atoms with Gasteiger partial charge in [-0.2, -0.15) is 0 Å². The van der Waals surface area contributed by atoms with Crippen molar-refractivity contribution in [1.29, 1.82) is 0 Å². The standard InChI is InChI=1S/C21H17N3O3/c25-20-18(14-10-22-15-7-3-1-6-12(14)15)19-13(9-17(24-20)21(26)27)11-5-2-4-8-16(11)23-19/h1-8,10,17-18,22-23H,9H2,(H,24,25)(H,26,27)/t17-,18+/m0/s1. The lowest BCUT2D eigenvalue weighted by atomic mass is 9.91. The molecule has 0 bridgehead atoms. The summed E-state index contributed by atoms with van der Waals surface area (Å²) in [6.45, 7) is 0. The molecule has 3 heterocycles. The molecule has 4 aromatic rings. The molecule has 134 valence electrons. The number of aliphatic carboxylic acids is 1. The molecule has 2 aromatic heterocycles. The maximum atomic E-state index is 13.1. The number of hydrogen-bond acceptors (Lipinski definition) is 2. The first kappa shape index (κ1) is 15.7. The van der Waals surface area contributed by atoms with Gasteiger partial charge < -0.3 is 20.4 Å². The summed E-state index contributed by atoms with van der Waals surface area (Å²) in [4.78, 5) is 31.4. The Morgan fingerprint density at radius 3 is 2.48 bits per heavy atom. The summed E-state index contributed by atoms with van der Waals surface area (Å²) < 4.78 is 0. The summed E-state index contributed by atoms with van der Waals surface area (Å²) in [7, 11) is 0. The van der Waals surface area contributed by atoms with Gasteiger partial charge in [0.25, 0.3) is 0 Å². The molecule has 1 aliphatic heterocycles. The average molecular weight is 359 g/mol. The third-order valence-electron chi connectivity index (χ3n) is 5.35. The Bertz CT molecular complexity index is 1200. The van der Waals surface area contributed by atoms with Gasteiger partial charge in [0.2, 0.25) is 5.91 Å². The van der Waals surface area contributed by atoms with E-state index in [1.807, 2.05) is 54.7 Å². The fourth-order valence-corrected chi connectivity index (χ4v) is 4.11. The Hall–Kier alpha value is -3.54. The molecule has 0 aliphatic carbocycles. The van der Waals surface area contributed by atoms with Crippen molar-refractivity contribution in [1.82, 2.24) is 15.3 Å². The van der Waals surface area contributed by atoms with E-state index in [2.05, 4.69) is 15.3 Å². The van der Waals surface area contributed by atoms with E-state index in [0.29, 0.717) is 0 Å². The van der Waals surface area contributed by atoms with E-state index in [1.165, 1.54) is 0 Å². The summed E-state index contributed by atoms with van der Waals surface area (Å²) in [5.74, 6) is -1.94. The van der Waals surface area contributed by atoms with Gasteiger partial charge in [-0.3, -0.25) is 4.79 Å². The number of hydrogen-bond donors (Lipinski definition) is 4. The first-order valence-corrected chi connectivity index (χ1v) is 8.82. The third kappa shape index (κ3) is 2.33. The van der Waals surface area contributed by atoms with Crippen LogP contribution in [0.5, 0.6) is 0 Å². The van der Waals surface area contributed by atoms with E-state index >= 15 is 0 Å². The fraction of sp³-hybridized carbons (Fsp3) is 0.143. The van der Waals surface area contributed by atoms with Crippen molar-refractivity contribution in [2.45, 2.75) is 18.4 Å². The lowest BCUT2D eigenvalue weighted by Crippen LogP contribution is -2.42. The molecule has 4 N–H and O–H groups in total. The number of para-hydroxylation sites is 2. The molecule has 6 nitrogen and oxygen atoms in total. The molecule has 1 aliphatic rings. The van der Waals surface area contributed by atoms with Crippen molar-refractivity contribution in [3.05, 3.63) is 71.5 Å². The zero-order valence-electron chi connectivity index (χ0n) is 14.3. The van der Waals surface area contributed by atoms with Gasteiger partial charge >= 0.3 is 5.97 Å². The summed E-state index contributed by atoms with van der Waals surface area (Å²) in [5.41, 5.74) is 4.33. The maximum Gasteiger partial charge on any atom is 0.326 e. The van der Waals surface area contributed by atoms with Crippen LogP contribution in [0.15, 0.2) is 54.7 Å². The molecular formula is C21H17N3O3. The predicted molar refractivity (Wildman–Crippen MR) is 102 cm³/mol. The number of benzene rings is 2. The normalized spacial score (nSPS) is 19.6. The molecule has 6 heteroatoms. The number of amides is 1. The Morgan fingerprint density at radius 1 is 1.00 bits per heavy atom. The van der Waals surface area contributed by atoms with Gasteiger partial charge in [-0.15, -0.1) is 0 Å². The fourth-order valence-electron chi connectivity index (χ4n) is 4.11. The molecule has 0 saturated carbocycles. The van der Waals surface area contributed by atoms with Crippen LogP contribution in [0.1, 0.15) is 22.7 Å². The SMILES string of the molecule is O=C1N[C@H](C(=O)O)Cc2c([nH]c3ccccc23)[C@H]1c1c[nH]c2ccccc12. The molecule has 2 aromatic carbocycles. The predicted octanol–water partition coefficient (Wildman–Crippen LogP) is 2.91. The third-order valence-corrected chi connectivity index (χ3v) is 5.35. The quantitative estimate of drug-likeness (QED) is 0.443. The molecule has 27 heavy (non-hydrogen) atoms. The zero-order valence-corrected chi connectivity index (χ0v) is 14.3. The van der Waals surface area contributed by atoms with Gasteiger partial charge in [0, 0.05) is 40.1 Å². The van der Waals surface area contributed by atoms with Crippen LogP contribution in [-0.2, 0) is 16.0 Å². The highest BCUT2D eigenvalue weighted by Crippen LogP contribution is 2.37. The number of aromatic nitrogens is 2. The molecule has 0 fully saturated rings. The van der Waals surface area contributed by atoms with Crippen molar-refractivity contribution in [3.63, 3.8) is 0 Å². The van der Waals surface area contributed by atoms with Crippen LogP contribution < -0.4 is 5.32 Å². The second-order valence-corrected chi connectivity index (χ2v) is 6.89. The Morgan fingerprint density at radius 2 is 1.70 bits per heavy atom. The van der Waals surface area contributed by atoms with E-state index < -0.39 is 17.9 Å². The summed E-state index contributed by atoms with van der Waals surface area (Å²) >= 11 is 0. The number of carboxylic acid groups (broad SMARTS) is 1. The Labute approximate surface area is 154 Å². The second-order valence-electron chi connectivity index (χ2n) is 6.89. The van der Waals surface area contributed by atoms with Gasteiger partial charge in [0.15, 0.2) is 0 Å². The summed E-state index contributed by atoms with van der Waals surface area (Å²) in [6, 6.07) is 14.6. The van der Waals surface area contributed by atoms with E-state index in [9.17, 15) is 14.7 Å². The van der Waals surface area contributed by atoms with Crippen LogP contribution in [0.4, 0.5) is 0 Å². The van der Waals surface area contributed by atoms with E-state index in [4.69, 9.17) is 0 Å². The van der Waals surface area contributed by atoms with Gasteiger partial charge in [0.1, 0.15) is 12.0 Å². The highest BCUT2D eigenvalue weighted by Gasteiger charge is 2.37. The smallest absolute Gasteiger partial charge is 0.326 e. The molecule has 0 saturated heterocycles. The number of rotatable bonds is 2. The lowest BCUT2D eigenvalue weighted by Gasteiger charge is -2.15. The lowest BCUT2D eigenvalue weighted by molar-refractivity contribution is -0.141. The molecular weight excluding hydrogens is 342 g/mol. The molecule has 0 spiro atoms. The monoisotopic (exact) mass is 359 g/mol. The first-order valence-electron chi connectivity index (χ1n) is 8.82. The van der Waals surface area contributed by atoms with E-state index in [-0.39, 0.29) is 12.3 Å². The summed E-state index contributed by atoms with van der Waals surface area (Å²) in [5, 5.41) is 14.2. The minimum Gasteiger partial charge on any atom is -0.480 e. The van der Waals surface area contributed by atoms with Crippen LogP contribution in [0.25, 0.3) is 21.8 Å². The minimum atomic E-state index is -1.03. The number of carbonyl (C=O) groups is 2. The molecule has 2 atom stereocenters. The highest BCUT2D eigenvalue weighted by molar-refractivity contribution is 5.99. The number of fused-ring (bicyclic) bond motifs is 4. The number of carbonyl (C=O) groups excluding carboxylic acids is 1. The molecule has 5 rings (SSSR count). The average Bonchev–Trinajstić information content (AvgIpc) is 3.20.